The van der Waals surface area contributed by atoms with Gasteiger partial charge in [-0.25, -0.2) is 4.98 Å². The molecule has 1 N–H and O–H groups in total. The molecule has 0 aliphatic heterocycles. The zero-order valence-corrected chi connectivity index (χ0v) is 13.5. The highest BCUT2D eigenvalue weighted by Gasteiger charge is 2.11. The van der Waals surface area contributed by atoms with E-state index in [0.29, 0.717) is 21.7 Å². The molecule has 0 atom stereocenters. The minimum absolute atomic E-state index is 0.102. The van der Waals surface area contributed by atoms with E-state index in [2.05, 4.69) is 10.3 Å². The summed E-state index contributed by atoms with van der Waals surface area (Å²) in [6.07, 6.45) is 1.40. The van der Waals surface area contributed by atoms with Crippen LogP contribution in [0.3, 0.4) is 0 Å². The number of fused-ring (bicyclic) bond motifs is 1. The van der Waals surface area contributed by atoms with Crippen LogP contribution in [0.25, 0.3) is 10.2 Å². The lowest BCUT2D eigenvalue weighted by molar-refractivity contribution is -0.116. The van der Waals surface area contributed by atoms with Gasteiger partial charge in [-0.1, -0.05) is 6.07 Å². The van der Waals surface area contributed by atoms with Crippen molar-refractivity contribution in [3.8, 4) is 5.75 Å². The predicted molar refractivity (Wildman–Crippen MR) is 90.2 cm³/mol. The van der Waals surface area contributed by atoms with Gasteiger partial charge >= 0.3 is 0 Å². The SMILES string of the molecule is COc1ccc(C)cc1NC(=O)Cn1cnc2sccc2c1=O. The molecule has 0 saturated heterocycles. The summed E-state index contributed by atoms with van der Waals surface area (Å²) < 4.78 is 6.53. The molecule has 3 aromatic rings. The van der Waals surface area contributed by atoms with Crippen molar-refractivity contribution in [3.63, 3.8) is 0 Å². The Morgan fingerprint density at radius 1 is 1.39 bits per heavy atom. The monoisotopic (exact) mass is 329 g/mol. The first-order chi connectivity index (χ1) is 11.1. The minimum Gasteiger partial charge on any atom is -0.495 e. The summed E-state index contributed by atoms with van der Waals surface area (Å²) in [5.41, 5.74) is 1.36. The number of aromatic nitrogens is 2. The third-order valence-corrected chi connectivity index (χ3v) is 4.21. The molecule has 0 saturated carbocycles. The number of thiophene rings is 1. The lowest BCUT2D eigenvalue weighted by Gasteiger charge is -2.11. The molecule has 0 aliphatic rings. The number of hydrogen-bond acceptors (Lipinski definition) is 5. The van der Waals surface area contributed by atoms with Crippen LogP contribution < -0.4 is 15.6 Å². The number of ether oxygens (including phenoxy) is 1. The van der Waals surface area contributed by atoms with E-state index in [1.165, 1.54) is 22.2 Å². The number of carbonyl (C=O) groups is 1. The highest BCUT2D eigenvalue weighted by Crippen LogP contribution is 2.25. The number of nitrogens with one attached hydrogen (secondary N) is 1. The second-order valence-electron chi connectivity index (χ2n) is 5.07. The molecule has 0 unspecified atom stereocenters. The second-order valence-corrected chi connectivity index (χ2v) is 5.96. The third kappa shape index (κ3) is 3.09. The van der Waals surface area contributed by atoms with Crippen LogP contribution in [-0.2, 0) is 11.3 Å². The molecule has 0 bridgehead atoms. The van der Waals surface area contributed by atoms with Crippen LogP contribution in [0.4, 0.5) is 5.69 Å². The van der Waals surface area contributed by atoms with E-state index in [0.717, 1.165) is 5.56 Å². The van der Waals surface area contributed by atoms with Crippen LogP contribution in [0.2, 0.25) is 0 Å². The van der Waals surface area contributed by atoms with Crippen molar-refractivity contribution >= 4 is 33.1 Å². The van der Waals surface area contributed by atoms with E-state index >= 15 is 0 Å². The molecule has 0 aliphatic carbocycles. The Bertz CT molecular complexity index is 930. The molecular weight excluding hydrogens is 314 g/mol. The maximum Gasteiger partial charge on any atom is 0.262 e. The highest BCUT2D eigenvalue weighted by atomic mass is 32.1. The molecule has 1 aromatic carbocycles. The number of rotatable bonds is 4. The van der Waals surface area contributed by atoms with Gasteiger partial charge in [0, 0.05) is 0 Å². The Labute approximate surface area is 136 Å². The zero-order valence-electron chi connectivity index (χ0n) is 12.7. The molecule has 118 valence electrons. The molecule has 2 heterocycles. The summed E-state index contributed by atoms with van der Waals surface area (Å²) in [6, 6.07) is 7.22. The van der Waals surface area contributed by atoms with Crippen molar-refractivity contribution < 1.29 is 9.53 Å². The van der Waals surface area contributed by atoms with Crippen molar-refractivity contribution in [3.05, 3.63) is 51.9 Å². The van der Waals surface area contributed by atoms with Crippen LogP contribution in [-0.4, -0.2) is 22.6 Å². The maximum atomic E-state index is 12.3. The predicted octanol–water partition coefficient (Wildman–Crippen LogP) is 2.41. The van der Waals surface area contributed by atoms with Crippen molar-refractivity contribution in [2.75, 3.05) is 12.4 Å². The number of methoxy groups -OCH3 is 1. The molecule has 6 nitrogen and oxygen atoms in total. The van der Waals surface area contributed by atoms with Crippen LogP contribution >= 0.6 is 11.3 Å². The summed E-state index contributed by atoms with van der Waals surface area (Å²) in [6.45, 7) is 1.82. The van der Waals surface area contributed by atoms with Crippen molar-refractivity contribution in [1.29, 1.82) is 0 Å². The Balaban J connectivity index is 1.83. The summed E-state index contributed by atoms with van der Waals surface area (Å²) in [4.78, 5) is 29.4. The number of nitrogens with zero attached hydrogens (tertiary/aromatic N) is 2. The van der Waals surface area contributed by atoms with E-state index in [4.69, 9.17) is 4.74 Å². The summed E-state index contributed by atoms with van der Waals surface area (Å²) in [5.74, 6) is 0.259. The molecule has 1 amide bonds. The van der Waals surface area contributed by atoms with E-state index in [-0.39, 0.29) is 18.0 Å². The molecular formula is C16H15N3O3S. The largest absolute Gasteiger partial charge is 0.495 e. The first-order valence-electron chi connectivity index (χ1n) is 6.95. The van der Waals surface area contributed by atoms with Gasteiger partial charge in [0.2, 0.25) is 5.91 Å². The summed E-state index contributed by atoms with van der Waals surface area (Å²) >= 11 is 1.40. The molecule has 23 heavy (non-hydrogen) atoms. The highest BCUT2D eigenvalue weighted by molar-refractivity contribution is 7.16. The smallest absolute Gasteiger partial charge is 0.262 e. The normalized spacial score (nSPS) is 10.7. The van der Waals surface area contributed by atoms with Gasteiger partial charge in [-0.05, 0) is 36.1 Å². The fourth-order valence-electron chi connectivity index (χ4n) is 2.27. The minimum atomic E-state index is -0.313. The van der Waals surface area contributed by atoms with Gasteiger partial charge in [0.05, 0.1) is 24.5 Å². The molecule has 0 spiro atoms. The van der Waals surface area contributed by atoms with E-state index in [9.17, 15) is 9.59 Å². The van der Waals surface area contributed by atoms with E-state index in [1.807, 2.05) is 19.1 Å². The van der Waals surface area contributed by atoms with Gasteiger partial charge in [-0.3, -0.25) is 14.2 Å². The van der Waals surface area contributed by atoms with Gasteiger partial charge in [0.15, 0.2) is 0 Å². The van der Waals surface area contributed by atoms with Crippen molar-refractivity contribution in [2.45, 2.75) is 13.5 Å². The molecule has 2 aromatic heterocycles. The van der Waals surface area contributed by atoms with Gasteiger partial charge in [0.25, 0.3) is 5.56 Å². The number of carbonyl (C=O) groups excluding carboxylic acids is 1. The number of aryl methyl sites for hydroxylation is 1. The maximum absolute atomic E-state index is 12.3. The first-order valence-corrected chi connectivity index (χ1v) is 7.83. The summed E-state index contributed by atoms with van der Waals surface area (Å²) in [5, 5.41) is 5.10. The number of benzene rings is 1. The average molecular weight is 329 g/mol. The lowest BCUT2D eigenvalue weighted by atomic mass is 10.2. The number of hydrogen-bond donors (Lipinski definition) is 1. The quantitative estimate of drug-likeness (QED) is 0.798. The second kappa shape index (κ2) is 6.21. The average Bonchev–Trinajstić information content (AvgIpc) is 3.00. The molecule has 0 radical (unpaired) electrons. The topological polar surface area (TPSA) is 73.2 Å². The molecule has 0 fully saturated rings. The van der Waals surface area contributed by atoms with Crippen LogP contribution in [0.1, 0.15) is 5.56 Å². The van der Waals surface area contributed by atoms with Crippen LogP contribution in [0, 0.1) is 6.92 Å². The Morgan fingerprint density at radius 2 is 2.22 bits per heavy atom. The zero-order chi connectivity index (χ0) is 16.4. The van der Waals surface area contributed by atoms with Crippen LogP contribution in [0.5, 0.6) is 5.75 Å². The number of amides is 1. The first kappa shape index (κ1) is 15.2. The summed E-state index contributed by atoms with van der Waals surface area (Å²) in [7, 11) is 1.54. The fraction of sp³-hybridized carbons (Fsp3) is 0.188. The molecule has 7 heteroatoms. The van der Waals surface area contributed by atoms with Gasteiger partial charge in [-0.2, -0.15) is 0 Å². The Morgan fingerprint density at radius 3 is 3.00 bits per heavy atom. The van der Waals surface area contributed by atoms with Crippen molar-refractivity contribution in [2.24, 2.45) is 0 Å². The standard InChI is InChI=1S/C16H15N3O3S/c1-10-3-4-13(22-2)12(7-10)18-14(20)8-19-9-17-15-11(16(19)21)5-6-23-15/h3-7,9H,8H2,1-2H3,(H,18,20). The van der Waals surface area contributed by atoms with Gasteiger partial charge < -0.3 is 10.1 Å². The van der Waals surface area contributed by atoms with E-state index < -0.39 is 0 Å². The van der Waals surface area contributed by atoms with E-state index in [1.54, 1.807) is 24.6 Å². The Hall–Kier alpha value is -2.67. The number of anilines is 1. The van der Waals surface area contributed by atoms with Gasteiger partial charge in [0.1, 0.15) is 17.1 Å². The third-order valence-electron chi connectivity index (χ3n) is 3.39. The van der Waals surface area contributed by atoms with Gasteiger partial charge in [-0.15, -0.1) is 11.3 Å². The van der Waals surface area contributed by atoms with Crippen molar-refractivity contribution in [1.82, 2.24) is 9.55 Å². The molecule has 3 rings (SSSR count). The van der Waals surface area contributed by atoms with Crippen LogP contribution in [0.15, 0.2) is 40.8 Å². The fourth-order valence-corrected chi connectivity index (χ4v) is 2.99. The lowest BCUT2D eigenvalue weighted by Crippen LogP contribution is -2.27. The Kier molecular flexibility index (Phi) is 4.12.